The number of carboxylic acid groups (broad SMARTS) is 1. The standard InChI is InChI=1S/C12H20N2O3/c15-11(16)8-14(7-9-1-2-9)12(17)10-3-5-13-6-4-10/h9-10,13H,1-8H2,(H,15,16). The van der Waals surface area contributed by atoms with Crippen LogP contribution in [-0.4, -0.2) is 48.1 Å². The Kier molecular flexibility index (Phi) is 3.99. The maximum absolute atomic E-state index is 12.2. The highest BCUT2D eigenvalue weighted by molar-refractivity contribution is 5.83. The first-order chi connectivity index (χ1) is 8.16. The molecule has 2 rings (SSSR count). The first-order valence-electron chi connectivity index (χ1n) is 6.38. The molecular weight excluding hydrogens is 220 g/mol. The number of nitrogens with one attached hydrogen (secondary N) is 1. The number of carboxylic acids is 1. The van der Waals surface area contributed by atoms with Crippen molar-refractivity contribution in [2.45, 2.75) is 25.7 Å². The van der Waals surface area contributed by atoms with Gasteiger partial charge >= 0.3 is 5.97 Å². The fourth-order valence-electron chi connectivity index (χ4n) is 2.33. The molecule has 0 aromatic carbocycles. The summed E-state index contributed by atoms with van der Waals surface area (Å²) in [6, 6.07) is 0. The normalized spacial score (nSPS) is 21.2. The number of rotatable bonds is 5. The largest absolute Gasteiger partial charge is 0.480 e. The second-order valence-electron chi connectivity index (χ2n) is 5.08. The fourth-order valence-corrected chi connectivity index (χ4v) is 2.33. The lowest BCUT2D eigenvalue weighted by Gasteiger charge is -2.28. The summed E-state index contributed by atoms with van der Waals surface area (Å²) in [7, 11) is 0. The van der Waals surface area contributed by atoms with Gasteiger partial charge in [0.25, 0.3) is 0 Å². The SMILES string of the molecule is O=C(O)CN(CC1CC1)C(=O)C1CCNCC1. The topological polar surface area (TPSA) is 69.6 Å². The summed E-state index contributed by atoms with van der Waals surface area (Å²) in [6.45, 7) is 2.22. The Hall–Kier alpha value is -1.10. The zero-order chi connectivity index (χ0) is 12.3. The van der Waals surface area contributed by atoms with E-state index in [4.69, 9.17) is 5.11 Å². The van der Waals surface area contributed by atoms with E-state index in [1.807, 2.05) is 0 Å². The van der Waals surface area contributed by atoms with Gasteiger partial charge in [0.1, 0.15) is 6.54 Å². The number of aliphatic carboxylic acids is 1. The Morgan fingerprint density at radius 1 is 1.18 bits per heavy atom. The van der Waals surface area contributed by atoms with Gasteiger partial charge in [-0.1, -0.05) is 0 Å². The molecule has 5 heteroatoms. The van der Waals surface area contributed by atoms with Crippen molar-refractivity contribution in [3.05, 3.63) is 0 Å². The molecule has 1 aliphatic carbocycles. The highest BCUT2D eigenvalue weighted by Gasteiger charge is 2.31. The number of carbonyl (C=O) groups is 2. The van der Waals surface area contributed by atoms with Gasteiger partial charge in [0.15, 0.2) is 0 Å². The average Bonchev–Trinajstić information content (AvgIpc) is 3.12. The van der Waals surface area contributed by atoms with Gasteiger partial charge in [0.2, 0.25) is 5.91 Å². The van der Waals surface area contributed by atoms with Gasteiger partial charge in [-0.3, -0.25) is 9.59 Å². The Morgan fingerprint density at radius 3 is 2.35 bits per heavy atom. The Morgan fingerprint density at radius 2 is 1.82 bits per heavy atom. The van der Waals surface area contributed by atoms with Crippen LogP contribution in [0.15, 0.2) is 0 Å². The predicted octanol–water partition coefficient (Wildman–Crippen LogP) is 0.309. The van der Waals surface area contributed by atoms with Crippen molar-refractivity contribution in [1.82, 2.24) is 10.2 Å². The van der Waals surface area contributed by atoms with Crippen molar-refractivity contribution >= 4 is 11.9 Å². The molecule has 2 fully saturated rings. The molecule has 0 aromatic heterocycles. The van der Waals surface area contributed by atoms with Crippen LogP contribution < -0.4 is 5.32 Å². The van der Waals surface area contributed by atoms with Crippen LogP contribution in [-0.2, 0) is 9.59 Å². The van der Waals surface area contributed by atoms with Crippen LogP contribution in [0.4, 0.5) is 0 Å². The predicted molar refractivity (Wildman–Crippen MR) is 62.5 cm³/mol. The lowest BCUT2D eigenvalue weighted by Crippen LogP contribution is -2.44. The first-order valence-corrected chi connectivity index (χ1v) is 6.38. The van der Waals surface area contributed by atoms with Gasteiger partial charge in [-0.25, -0.2) is 0 Å². The van der Waals surface area contributed by atoms with E-state index < -0.39 is 5.97 Å². The number of piperidine rings is 1. The number of hydrogen-bond donors (Lipinski definition) is 2. The van der Waals surface area contributed by atoms with Gasteiger partial charge in [-0.05, 0) is 44.7 Å². The molecule has 1 aliphatic heterocycles. The van der Waals surface area contributed by atoms with E-state index in [0.29, 0.717) is 12.5 Å². The molecule has 1 heterocycles. The number of carbonyl (C=O) groups excluding carboxylic acids is 1. The summed E-state index contributed by atoms with van der Waals surface area (Å²) in [5.74, 6) is -0.303. The molecule has 2 N–H and O–H groups in total. The molecule has 1 saturated carbocycles. The Bertz CT molecular complexity index is 296. The van der Waals surface area contributed by atoms with Crippen molar-refractivity contribution in [1.29, 1.82) is 0 Å². The van der Waals surface area contributed by atoms with Crippen molar-refractivity contribution in [3.8, 4) is 0 Å². The van der Waals surface area contributed by atoms with Gasteiger partial charge in [-0.2, -0.15) is 0 Å². The van der Waals surface area contributed by atoms with Crippen molar-refractivity contribution in [2.24, 2.45) is 11.8 Å². The fraction of sp³-hybridized carbons (Fsp3) is 0.833. The molecule has 1 saturated heterocycles. The number of amides is 1. The van der Waals surface area contributed by atoms with Crippen LogP contribution in [0.3, 0.4) is 0 Å². The number of hydrogen-bond acceptors (Lipinski definition) is 3. The molecule has 2 aliphatic rings. The quantitative estimate of drug-likeness (QED) is 0.725. The lowest BCUT2D eigenvalue weighted by atomic mass is 9.96. The summed E-state index contributed by atoms with van der Waals surface area (Å²) in [5, 5.41) is 12.1. The van der Waals surface area contributed by atoms with E-state index in [9.17, 15) is 9.59 Å². The molecular formula is C12H20N2O3. The van der Waals surface area contributed by atoms with Crippen LogP contribution in [0.25, 0.3) is 0 Å². The molecule has 0 unspecified atom stereocenters. The van der Waals surface area contributed by atoms with Crippen molar-refractivity contribution in [2.75, 3.05) is 26.2 Å². The van der Waals surface area contributed by atoms with Gasteiger partial charge in [0.05, 0.1) is 0 Å². The van der Waals surface area contributed by atoms with Crippen molar-refractivity contribution < 1.29 is 14.7 Å². The third-order valence-electron chi connectivity index (χ3n) is 3.50. The second kappa shape index (κ2) is 5.49. The Labute approximate surface area is 101 Å². The van der Waals surface area contributed by atoms with Crippen LogP contribution >= 0.6 is 0 Å². The van der Waals surface area contributed by atoms with Gasteiger partial charge in [-0.15, -0.1) is 0 Å². The molecule has 17 heavy (non-hydrogen) atoms. The van der Waals surface area contributed by atoms with Crippen molar-refractivity contribution in [3.63, 3.8) is 0 Å². The van der Waals surface area contributed by atoms with Gasteiger partial charge < -0.3 is 15.3 Å². The molecule has 1 amide bonds. The Balaban J connectivity index is 1.91. The van der Waals surface area contributed by atoms with E-state index in [-0.39, 0.29) is 18.4 Å². The van der Waals surface area contributed by atoms with E-state index in [1.165, 1.54) is 0 Å². The van der Waals surface area contributed by atoms with E-state index in [0.717, 1.165) is 38.8 Å². The smallest absolute Gasteiger partial charge is 0.323 e. The van der Waals surface area contributed by atoms with E-state index >= 15 is 0 Å². The monoisotopic (exact) mass is 240 g/mol. The summed E-state index contributed by atoms with van der Waals surface area (Å²) in [6.07, 6.45) is 3.94. The lowest BCUT2D eigenvalue weighted by molar-refractivity contribution is -0.146. The highest BCUT2D eigenvalue weighted by atomic mass is 16.4. The van der Waals surface area contributed by atoms with Crippen LogP contribution in [0.1, 0.15) is 25.7 Å². The average molecular weight is 240 g/mol. The minimum absolute atomic E-state index is 0.0225. The molecule has 96 valence electrons. The summed E-state index contributed by atoms with van der Waals surface area (Å²) < 4.78 is 0. The third-order valence-corrected chi connectivity index (χ3v) is 3.50. The zero-order valence-electron chi connectivity index (χ0n) is 10.0. The summed E-state index contributed by atoms with van der Waals surface area (Å²) in [5.41, 5.74) is 0. The minimum atomic E-state index is -0.909. The first kappa shape index (κ1) is 12.4. The highest BCUT2D eigenvalue weighted by Crippen LogP contribution is 2.30. The van der Waals surface area contributed by atoms with Crippen LogP contribution in [0.5, 0.6) is 0 Å². The molecule has 0 atom stereocenters. The number of nitrogens with zero attached hydrogens (tertiary/aromatic N) is 1. The molecule has 5 nitrogen and oxygen atoms in total. The summed E-state index contributed by atoms with van der Waals surface area (Å²) in [4.78, 5) is 24.6. The maximum atomic E-state index is 12.2. The molecule has 0 spiro atoms. The molecule has 0 radical (unpaired) electrons. The van der Waals surface area contributed by atoms with E-state index in [2.05, 4.69) is 5.32 Å². The molecule has 0 aromatic rings. The molecule has 0 bridgehead atoms. The van der Waals surface area contributed by atoms with Gasteiger partial charge in [0, 0.05) is 12.5 Å². The minimum Gasteiger partial charge on any atom is -0.480 e. The zero-order valence-corrected chi connectivity index (χ0v) is 10.0. The van der Waals surface area contributed by atoms with E-state index in [1.54, 1.807) is 4.90 Å². The summed E-state index contributed by atoms with van der Waals surface area (Å²) >= 11 is 0. The van der Waals surface area contributed by atoms with Crippen LogP contribution in [0, 0.1) is 11.8 Å². The second-order valence-corrected chi connectivity index (χ2v) is 5.08. The van der Waals surface area contributed by atoms with Crippen LogP contribution in [0.2, 0.25) is 0 Å². The maximum Gasteiger partial charge on any atom is 0.323 e. The third kappa shape index (κ3) is 3.70.